The van der Waals surface area contributed by atoms with Crippen molar-refractivity contribution in [1.29, 1.82) is 0 Å². The number of nitrogens with zero attached hydrogens (tertiary/aromatic N) is 1. The van der Waals surface area contributed by atoms with E-state index in [4.69, 9.17) is 0 Å². The van der Waals surface area contributed by atoms with Crippen LogP contribution >= 0.6 is 0 Å². The van der Waals surface area contributed by atoms with Gasteiger partial charge in [-0.05, 0) is 37.6 Å². The van der Waals surface area contributed by atoms with Crippen LogP contribution in [0.3, 0.4) is 0 Å². The first-order chi connectivity index (χ1) is 7.69. The zero-order chi connectivity index (χ0) is 12.0. The van der Waals surface area contributed by atoms with E-state index in [-0.39, 0.29) is 5.78 Å². The van der Waals surface area contributed by atoms with E-state index in [9.17, 15) is 4.79 Å². The molecule has 1 aliphatic carbocycles. The van der Waals surface area contributed by atoms with Crippen molar-refractivity contribution < 1.29 is 4.79 Å². The summed E-state index contributed by atoms with van der Waals surface area (Å²) in [7, 11) is 0. The van der Waals surface area contributed by atoms with E-state index in [1.807, 2.05) is 12.2 Å². The average molecular weight is 217 g/mol. The highest BCUT2D eigenvalue weighted by atomic mass is 16.1. The van der Waals surface area contributed by atoms with Crippen molar-refractivity contribution in [2.45, 2.75) is 33.6 Å². The molecule has 0 saturated heterocycles. The third-order valence-corrected chi connectivity index (χ3v) is 2.44. The van der Waals surface area contributed by atoms with Gasteiger partial charge in [-0.15, -0.1) is 0 Å². The van der Waals surface area contributed by atoms with Crippen molar-refractivity contribution in [3.8, 4) is 0 Å². The first kappa shape index (κ1) is 12.6. The van der Waals surface area contributed by atoms with E-state index in [0.29, 0.717) is 5.57 Å². The summed E-state index contributed by atoms with van der Waals surface area (Å²) in [4.78, 5) is 13.4. The van der Waals surface area contributed by atoms with Crippen LogP contribution in [0.1, 0.15) is 33.6 Å². The van der Waals surface area contributed by atoms with Crippen LogP contribution in [0.4, 0.5) is 0 Å². The summed E-state index contributed by atoms with van der Waals surface area (Å²) in [5.74, 6) is 0.0420. The molecular weight excluding hydrogens is 198 g/mol. The van der Waals surface area contributed by atoms with Crippen LogP contribution in [0.5, 0.6) is 0 Å². The molecule has 1 aliphatic rings. The molecule has 0 aromatic carbocycles. The topological polar surface area (TPSA) is 20.3 Å². The first-order valence-corrected chi connectivity index (χ1v) is 5.89. The van der Waals surface area contributed by atoms with Crippen molar-refractivity contribution in [1.82, 2.24) is 4.90 Å². The number of carbonyl (C=O) groups is 1. The van der Waals surface area contributed by atoms with Crippen molar-refractivity contribution in [2.24, 2.45) is 0 Å². The second-order valence-electron chi connectivity index (χ2n) is 3.93. The number of hydrogen-bond donors (Lipinski definition) is 0. The van der Waals surface area contributed by atoms with Gasteiger partial charge in [-0.25, -0.2) is 0 Å². The predicted octanol–water partition coefficient (Wildman–Crippen LogP) is 2.83. The van der Waals surface area contributed by atoms with Crippen molar-refractivity contribution in [3.05, 3.63) is 34.9 Å². The quantitative estimate of drug-likeness (QED) is 0.638. The molecule has 0 amide bonds. The monoisotopic (exact) mass is 217 g/mol. The maximum absolute atomic E-state index is 11.1. The third-order valence-electron chi connectivity index (χ3n) is 2.44. The molecule has 0 aromatic heterocycles. The number of allylic oxidation sites excluding steroid dienone is 3. The van der Waals surface area contributed by atoms with Crippen molar-refractivity contribution >= 4 is 5.78 Å². The summed E-state index contributed by atoms with van der Waals surface area (Å²) < 4.78 is 0. The van der Waals surface area contributed by atoms with Crippen LogP contribution < -0.4 is 0 Å². The molecule has 0 fully saturated rings. The van der Waals surface area contributed by atoms with Gasteiger partial charge in [0.25, 0.3) is 0 Å². The molecule has 0 radical (unpaired) electrons. The van der Waals surface area contributed by atoms with Gasteiger partial charge in [0, 0.05) is 13.1 Å². The normalized spacial score (nSPS) is 13.4. The summed E-state index contributed by atoms with van der Waals surface area (Å²) >= 11 is 0. The van der Waals surface area contributed by atoms with Crippen LogP contribution in [0, 0.1) is 0 Å². The highest BCUT2D eigenvalue weighted by Gasteiger charge is 2.07. The molecule has 0 bridgehead atoms. The molecule has 0 unspecified atom stereocenters. The Labute approximate surface area is 97.6 Å². The fraction of sp³-hybridized carbons (Fsp3) is 0.500. The fourth-order valence-electron chi connectivity index (χ4n) is 1.66. The highest BCUT2D eigenvalue weighted by molar-refractivity contribution is 5.96. The Morgan fingerprint density at radius 3 is 2.19 bits per heavy atom. The summed E-state index contributed by atoms with van der Waals surface area (Å²) in [5, 5.41) is 0. The Hall–Kier alpha value is -1.49. The number of hydrogen-bond acceptors (Lipinski definition) is 2. The van der Waals surface area contributed by atoms with Gasteiger partial charge < -0.3 is 4.90 Å². The van der Waals surface area contributed by atoms with Crippen LogP contribution in [0.2, 0.25) is 0 Å². The SMILES string of the molecule is CCCN(CCC)C1=C=C=C(C(C)=O)C=C1. The van der Waals surface area contributed by atoms with E-state index < -0.39 is 0 Å². The second-order valence-corrected chi connectivity index (χ2v) is 3.93. The minimum Gasteiger partial charge on any atom is -0.365 e. The maximum atomic E-state index is 11.1. The van der Waals surface area contributed by atoms with E-state index in [0.717, 1.165) is 31.6 Å². The van der Waals surface area contributed by atoms with Gasteiger partial charge in [-0.2, -0.15) is 0 Å². The Bertz CT molecular complexity index is 385. The van der Waals surface area contributed by atoms with E-state index >= 15 is 0 Å². The van der Waals surface area contributed by atoms with Gasteiger partial charge in [-0.1, -0.05) is 19.6 Å². The molecule has 0 saturated carbocycles. The first-order valence-electron chi connectivity index (χ1n) is 5.89. The number of carbonyl (C=O) groups excluding carboxylic acids is 1. The summed E-state index contributed by atoms with van der Waals surface area (Å²) in [6, 6.07) is 0. The highest BCUT2D eigenvalue weighted by Crippen LogP contribution is 2.11. The molecule has 86 valence electrons. The van der Waals surface area contributed by atoms with Gasteiger partial charge in [0.05, 0.1) is 11.3 Å². The summed E-state index contributed by atoms with van der Waals surface area (Å²) in [6.07, 6.45) is 6.01. The molecule has 2 nitrogen and oxygen atoms in total. The van der Waals surface area contributed by atoms with Gasteiger partial charge in [0.2, 0.25) is 0 Å². The van der Waals surface area contributed by atoms with E-state index in [1.54, 1.807) is 6.92 Å². The van der Waals surface area contributed by atoms with Crippen LogP contribution in [-0.4, -0.2) is 23.8 Å². The van der Waals surface area contributed by atoms with Crippen LogP contribution in [-0.2, 0) is 4.79 Å². The van der Waals surface area contributed by atoms with Crippen LogP contribution in [0.25, 0.3) is 0 Å². The van der Waals surface area contributed by atoms with Gasteiger partial charge in [0.1, 0.15) is 0 Å². The molecular formula is C14H19NO. The number of Topliss-reactive ketones (excluding diaryl/α,β-unsaturated/α-hetero) is 1. The molecule has 2 heteroatoms. The lowest BCUT2D eigenvalue weighted by Crippen LogP contribution is -2.23. The Kier molecular flexibility index (Phi) is 4.85. The average Bonchev–Trinajstić information content (AvgIpc) is 2.29. The van der Waals surface area contributed by atoms with Crippen molar-refractivity contribution in [3.63, 3.8) is 0 Å². The maximum Gasteiger partial charge on any atom is 0.168 e. The molecule has 16 heavy (non-hydrogen) atoms. The zero-order valence-corrected chi connectivity index (χ0v) is 10.3. The Morgan fingerprint density at radius 1 is 1.19 bits per heavy atom. The molecule has 0 N–H and O–H groups in total. The summed E-state index contributed by atoms with van der Waals surface area (Å²) in [5.41, 5.74) is 7.63. The minimum absolute atomic E-state index is 0.0420. The fourth-order valence-corrected chi connectivity index (χ4v) is 1.66. The lowest BCUT2D eigenvalue weighted by molar-refractivity contribution is -0.113. The van der Waals surface area contributed by atoms with Crippen molar-refractivity contribution in [2.75, 3.05) is 13.1 Å². The molecule has 0 aliphatic heterocycles. The Morgan fingerprint density at radius 2 is 1.81 bits per heavy atom. The minimum atomic E-state index is 0.0420. The Balaban J connectivity index is 2.92. The van der Waals surface area contributed by atoms with E-state index in [1.165, 1.54) is 0 Å². The van der Waals surface area contributed by atoms with E-state index in [2.05, 4.69) is 30.2 Å². The number of ketones is 1. The largest absolute Gasteiger partial charge is 0.365 e. The van der Waals surface area contributed by atoms with Gasteiger partial charge in [0.15, 0.2) is 5.78 Å². The lowest BCUT2D eigenvalue weighted by Gasteiger charge is -2.23. The van der Waals surface area contributed by atoms with Crippen LogP contribution in [0.15, 0.2) is 34.9 Å². The molecule has 0 atom stereocenters. The third kappa shape index (κ3) is 3.27. The lowest BCUT2D eigenvalue weighted by atomic mass is 10.1. The molecule has 0 heterocycles. The molecule has 0 aromatic rings. The zero-order valence-electron chi connectivity index (χ0n) is 10.3. The molecule has 1 rings (SSSR count). The predicted molar refractivity (Wildman–Crippen MR) is 66.0 cm³/mol. The standard InChI is InChI=1S/C14H19NO/c1-4-10-15(11-5-2)14-8-6-13(7-9-14)12(3)16/h6,8H,4-5,10-11H2,1-3H3. The second kappa shape index (κ2) is 6.17. The summed E-state index contributed by atoms with van der Waals surface area (Å²) in [6.45, 7) is 7.93. The van der Waals surface area contributed by atoms with Gasteiger partial charge in [-0.3, -0.25) is 4.79 Å². The molecule has 0 spiro atoms. The van der Waals surface area contributed by atoms with Gasteiger partial charge >= 0.3 is 0 Å². The number of rotatable bonds is 6. The smallest absolute Gasteiger partial charge is 0.168 e.